The van der Waals surface area contributed by atoms with Crippen molar-refractivity contribution in [2.75, 3.05) is 17.8 Å². The molecule has 0 aliphatic carbocycles. The highest BCUT2D eigenvalue weighted by molar-refractivity contribution is 7.99. The van der Waals surface area contributed by atoms with E-state index in [2.05, 4.69) is 19.9 Å². The Labute approximate surface area is 214 Å². The lowest BCUT2D eigenvalue weighted by molar-refractivity contribution is 0.183. The topological polar surface area (TPSA) is 156 Å². The van der Waals surface area contributed by atoms with E-state index in [0.29, 0.717) is 38.9 Å². The SMILES string of the molecule is COc1c(C)cnc(Cn2nc3c4c(nc(N(C(=O)O)C(=O)O)nc42)SCC(c2cccnc2)=C3)c1C. The number of hydrogen-bond acceptors (Lipinski definition) is 9. The van der Waals surface area contributed by atoms with Gasteiger partial charge in [0.25, 0.3) is 0 Å². The highest BCUT2D eigenvalue weighted by Crippen LogP contribution is 2.38. The van der Waals surface area contributed by atoms with Gasteiger partial charge >= 0.3 is 12.2 Å². The zero-order valence-electron chi connectivity index (χ0n) is 20.0. The predicted octanol–water partition coefficient (Wildman–Crippen LogP) is 4.10. The van der Waals surface area contributed by atoms with E-state index in [0.717, 1.165) is 22.3 Å². The van der Waals surface area contributed by atoms with E-state index in [1.807, 2.05) is 32.1 Å². The summed E-state index contributed by atoms with van der Waals surface area (Å²) in [7, 11) is 1.59. The normalized spacial score (nSPS) is 12.7. The minimum atomic E-state index is -1.71. The quantitative estimate of drug-likeness (QED) is 0.366. The van der Waals surface area contributed by atoms with Crippen molar-refractivity contribution in [2.45, 2.75) is 25.4 Å². The van der Waals surface area contributed by atoms with E-state index < -0.39 is 18.1 Å². The molecule has 4 aromatic heterocycles. The van der Waals surface area contributed by atoms with Crippen LogP contribution >= 0.6 is 11.8 Å². The van der Waals surface area contributed by atoms with Crippen LogP contribution in [0.15, 0.2) is 35.7 Å². The van der Waals surface area contributed by atoms with Gasteiger partial charge in [-0.05, 0) is 37.1 Å². The van der Waals surface area contributed by atoms with Crippen LogP contribution in [0.1, 0.15) is 28.1 Å². The van der Waals surface area contributed by atoms with Gasteiger partial charge in [-0.25, -0.2) is 19.3 Å². The zero-order valence-corrected chi connectivity index (χ0v) is 20.9. The van der Waals surface area contributed by atoms with E-state index in [1.54, 1.807) is 30.4 Å². The summed E-state index contributed by atoms with van der Waals surface area (Å²) in [5.74, 6) is 0.721. The Morgan fingerprint density at radius 3 is 2.65 bits per heavy atom. The molecular formula is C24H21N7O5S. The van der Waals surface area contributed by atoms with Crippen LogP contribution in [0.4, 0.5) is 15.5 Å². The van der Waals surface area contributed by atoms with Gasteiger partial charge in [-0.3, -0.25) is 9.97 Å². The number of rotatable bonds is 5. The predicted molar refractivity (Wildman–Crippen MR) is 136 cm³/mol. The first-order valence-corrected chi connectivity index (χ1v) is 12.0. The van der Waals surface area contributed by atoms with Crippen LogP contribution in [0, 0.1) is 13.8 Å². The number of carbonyl (C=O) groups is 2. The Hall–Kier alpha value is -4.52. The maximum atomic E-state index is 11.7. The molecule has 0 radical (unpaired) electrons. The summed E-state index contributed by atoms with van der Waals surface area (Å²) in [6, 6.07) is 3.77. The Balaban J connectivity index is 1.72. The summed E-state index contributed by atoms with van der Waals surface area (Å²) in [4.78, 5) is 40.9. The first-order valence-electron chi connectivity index (χ1n) is 11.1. The van der Waals surface area contributed by atoms with Crippen molar-refractivity contribution in [3.63, 3.8) is 0 Å². The Bertz CT molecular complexity index is 1570. The number of aryl methyl sites for hydroxylation is 1. The number of methoxy groups -OCH3 is 1. The highest BCUT2D eigenvalue weighted by Gasteiger charge is 2.30. The third-order valence-corrected chi connectivity index (χ3v) is 6.94. The first kappa shape index (κ1) is 24.2. The standard InChI is InChI=1S/C24H21N7O5S/c1-12-8-26-17(13(2)19(12)36-3)10-30-20-18-16(29-30)7-15(14-5-4-6-25-9-14)11-37-21(18)28-22(27-20)31(23(32)33)24(34)35/h4-9H,10-11H2,1-3H3,(H,32,33)(H,34,35). The van der Waals surface area contributed by atoms with Gasteiger partial charge in [0.1, 0.15) is 10.8 Å². The van der Waals surface area contributed by atoms with Crippen LogP contribution in [-0.4, -0.2) is 65.0 Å². The monoisotopic (exact) mass is 519 g/mol. The highest BCUT2D eigenvalue weighted by atomic mass is 32.2. The lowest BCUT2D eigenvalue weighted by atomic mass is 10.1. The molecule has 0 fully saturated rings. The molecule has 0 saturated heterocycles. The van der Waals surface area contributed by atoms with Crippen molar-refractivity contribution in [2.24, 2.45) is 0 Å². The molecule has 2 amide bonds. The van der Waals surface area contributed by atoms with Crippen molar-refractivity contribution < 1.29 is 24.5 Å². The molecule has 0 atom stereocenters. The van der Waals surface area contributed by atoms with E-state index in [4.69, 9.17) is 9.84 Å². The average molecular weight is 520 g/mol. The largest absolute Gasteiger partial charge is 0.496 e. The van der Waals surface area contributed by atoms with Gasteiger partial charge in [0.15, 0.2) is 5.65 Å². The summed E-state index contributed by atoms with van der Waals surface area (Å²) in [6.07, 6.45) is 3.64. The molecule has 12 nitrogen and oxygen atoms in total. The molecule has 188 valence electrons. The van der Waals surface area contributed by atoms with Crippen LogP contribution in [0.25, 0.3) is 22.7 Å². The molecule has 0 spiro atoms. The summed E-state index contributed by atoms with van der Waals surface area (Å²) in [6.45, 7) is 3.98. The number of anilines is 1. The molecule has 1 aliphatic rings. The maximum absolute atomic E-state index is 11.7. The van der Waals surface area contributed by atoms with Gasteiger partial charge in [0.05, 0.1) is 30.4 Å². The minimum absolute atomic E-state index is 0.0895. The molecule has 0 saturated carbocycles. The van der Waals surface area contributed by atoms with Gasteiger partial charge in [0.2, 0.25) is 5.95 Å². The molecule has 4 aromatic rings. The van der Waals surface area contributed by atoms with Gasteiger partial charge in [-0.1, -0.05) is 6.07 Å². The van der Waals surface area contributed by atoms with Crippen molar-refractivity contribution in [3.05, 3.63) is 58.8 Å². The number of hydrogen-bond donors (Lipinski definition) is 2. The molecule has 5 rings (SSSR count). The number of thioether (sulfide) groups is 1. The number of ether oxygens (including phenoxy) is 1. The Morgan fingerprint density at radius 2 is 1.97 bits per heavy atom. The molecule has 1 aliphatic heterocycles. The van der Waals surface area contributed by atoms with E-state index in [-0.39, 0.29) is 11.4 Å². The average Bonchev–Trinajstić information content (AvgIpc) is 3.09. The van der Waals surface area contributed by atoms with Crippen LogP contribution in [0.3, 0.4) is 0 Å². The van der Waals surface area contributed by atoms with E-state index in [1.165, 1.54) is 11.8 Å². The molecule has 0 unspecified atom stereocenters. The minimum Gasteiger partial charge on any atom is -0.496 e. The summed E-state index contributed by atoms with van der Waals surface area (Å²) in [5, 5.41) is 24.8. The second kappa shape index (κ2) is 9.50. The third-order valence-electron chi connectivity index (χ3n) is 5.91. The van der Waals surface area contributed by atoms with Crippen LogP contribution in [-0.2, 0) is 6.54 Å². The summed E-state index contributed by atoms with van der Waals surface area (Å²) >= 11 is 1.34. The van der Waals surface area contributed by atoms with Crippen molar-refractivity contribution in [1.29, 1.82) is 0 Å². The molecule has 37 heavy (non-hydrogen) atoms. The van der Waals surface area contributed by atoms with Crippen molar-refractivity contribution in [1.82, 2.24) is 29.7 Å². The number of nitrogens with zero attached hydrogens (tertiary/aromatic N) is 7. The fraction of sp³-hybridized carbons (Fsp3) is 0.208. The fourth-order valence-electron chi connectivity index (χ4n) is 4.17. The fourth-order valence-corrected chi connectivity index (χ4v) is 5.20. The molecule has 0 aromatic carbocycles. The second-order valence-electron chi connectivity index (χ2n) is 8.22. The van der Waals surface area contributed by atoms with E-state index in [9.17, 15) is 19.8 Å². The number of amides is 2. The molecule has 5 heterocycles. The van der Waals surface area contributed by atoms with Gasteiger partial charge in [-0.2, -0.15) is 10.1 Å². The Kier molecular flexibility index (Phi) is 6.21. The smallest absolute Gasteiger partial charge is 0.424 e. The molecule has 0 bridgehead atoms. The third kappa shape index (κ3) is 4.33. The maximum Gasteiger partial charge on any atom is 0.424 e. The molecule has 2 N–H and O–H groups in total. The zero-order chi connectivity index (χ0) is 26.3. The Morgan fingerprint density at radius 1 is 1.19 bits per heavy atom. The van der Waals surface area contributed by atoms with E-state index >= 15 is 0 Å². The van der Waals surface area contributed by atoms with Crippen LogP contribution in [0.5, 0.6) is 5.75 Å². The molecular weight excluding hydrogens is 498 g/mol. The van der Waals surface area contributed by atoms with Gasteiger partial charge in [0, 0.05) is 35.5 Å². The first-order chi connectivity index (χ1) is 17.8. The number of aromatic nitrogens is 6. The summed E-state index contributed by atoms with van der Waals surface area (Å²) < 4.78 is 7.11. The second-order valence-corrected chi connectivity index (χ2v) is 9.18. The van der Waals surface area contributed by atoms with Crippen molar-refractivity contribution in [3.8, 4) is 5.75 Å². The number of pyridine rings is 2. The lowest BCUT2D eigenvalue weighted by Gasteiger charge is -2.14. The van der Waals surface area contributed by atoms with Crippen LogP contribution < -0.4 is 9.64 Å². The van der Waals surface area contributed by atoms with Crippen LogP contribution in [0.2, 0.25) is 0 Å². The molecule has 13 heteroatoms. The van der Waals surface area contributed by atoms with Gasteiger partial charge in [-0.15, -0.1) is 16.7 Å². The van der Waals surface area contributed by atoms with Crippen molar-refractivity contribution >= 4 is 52.6 Å². The van der Waals surface area contributed by atoms with Gasteiger partial charge < -0.3 is 14.9 Å². The summed E-state index contributed by atoms with van der Waals surface area (Å²) in [5.41, 5.74) is 5.09. The lowest BCUT2D eigenvalue weighted by Crippen LogP contribution is -2.36. The number of imide groups is 1. The number of carboxylic acid groups (broad SMARTS) is 2.